The second-order valence-electron chi connectivity index (χ2n) is 4.24. The van der Waals surface area contributed by atoms with Crippen molar-refractivity contribution in [1.82, 2.24) is 20.3 Å². The molecule has 0 spiro atoms. The molecule has 0 unspecified atom stereocenters. The maximum absolute atomic E-state index is 13.0. The summed E-state index contributed by atoms with van der Waals surface area (Å²) in [7, 11) is 0. The zero-order valence-electron chi connectivity index (χ0n) is 9.51. The molecule has 1 aliphatic rings. The van der Waals surface area contributed by atoms with Crippen LogP contribution in [0, 0.1) is 5.82 Å². The number of nitrogens with one attached hydrogen (secondary N) is 1. The van der Waals surface area contributed by atoms with E-state index in [0.717, 1.165) is 13.1 Å². The van der Waals surface area contributed by atoms with Gasteiger partial charge in [0.15, 0.2) is 5.69 Å². The molecular formula is C12H11FN4O. The van der Waals surface area contributed by atoms with Crippen molar-refractivity contribution in [3.8, 4) is 0 Å². The Morgan fingerprint density at radius 1 is 1.44 bits per heavy atom. The van der Waals surface area contributed by atoms with Crippen LogP contribution in [-0.4, -0.2) is 33.9 Å². The molecule has 1 aromatic heterocycles. The summed E-state index contributed by atoms with van der Waals surface area (Å²) in [5, 5.41) is 10.9. The van der Waals surface area contributed by atoms with Crippen LogP contribution in [0.4, 0.5) is 4.39 Å². The minimum absolute atomic E-state index is 0.243. The Balaban J connectivity index is 1.85. The first-order valence-corrected chi connectivity index (χ1v) is 5.67. The highest BCUT2D eigenvalue weighted by atomic mass is 19.1. The van der Waals surface area contributed by atoms with Crippen LogP contribution < -0.4 is 5.32 Å². The van der Waals surface area contributed by atoms with Gasteiger partial charge in [-0.2, -0.15) is 0 Å². The Morgan fingerprint density at radius 3 is 2.94 bits per heavy atom. The number of hydrogen-bond donors (Lipinski definition) is 1. The van der Waals surface area contributed by atoms with E-state index in [-0.39, 0.29) is 23.1 Å². The summed E-state index contributed by atoms with van der Waals surface area (Å²) in [6.07, 6.45) is 1.61. The molecule has 1 fully saturated rings. The van der Waals surface area contributed by atoms with Crippen molar-refractivity contribution in [2.75, 3.05) is 13.1 Å². The summed E-state index contributed by atoms with van der Waals surface area (Å²) in [6, 6.07) is 5.82. The lowest BCUT2D eigenvalue weighted by atomic mass is 10.1. The fourth-order valence-corrected chi connectivity index (χ4v) is 1.80. The number of aromatic nitrogens is 3. The number of rotatable bonds is 3. The van der Waals surface area contributed by atoms with Crippen molar-refractivity contribution >= 4 is 5.78 Å². The average molecular weight is 246 g/mol. The van der Waals surface area contributed by atoms with Crippen LogP contribution in [0.25, 0.3) is 0 Å². The van der Waals surface area contributed by atoms with Crippen LogP contribution in [0.15, 0.2) is 30.5 Å². The Labute approximate surface area is 103 Å². The van der Waals surface area contributed by atoms with E-state index in [4.69, 9.17) is 0 Å². The Morgan fingerprint density at radius 2 is 2.28 bits per heavy atom. The molecule has 0 saturated carbocycles. The fraction of sp³-hybridized carbons (Fsp3) is 0.250. The highest BCUT2D eigenvalue weighted by molar-refractivity contribution is 6.07. The number of carbonyl (C=O) groups is 1. The van der Waals surface area contributed by atoms with Crippen molar-refractivity contribution in [3.05, 3.63) is 47.5 Å². The lowest BCUT2D eigenvalue weighted by Gasteiger charge is -2.26. The second-order valence-corrected chi connectivity index (χ2v) is 4.24. The molecule has 3 rings (SSSR count). The van der Waals surface area contributed by atoms with Crippen molar-refractivity contribution in [2.45, 2.75) is 6.04 Å². The first-order chi connectivity index (χ1) is 8.74. The molecule has 0 atom stereocenters. The largest absolute Gasteiger partial charge is 0.312 e. The van der Waals surface area contributed by atoms with E-state index in [1.165, 1.54) is 18.2 Å². The van der Waals surface area contributed by atoms with E-state index in [9.17, 15) is 9.18 Å². The van der Waals surface area contributed by atoms with Gasteiger partial charge in [0.1, 0.15) is 5.82 Å². The SMILES string of the molecule is O=C(c1cccc(F)c1)c1cn(C2CNC2)nn1. The topological polar surface area (TPSA) is 59.8 Å². The summed E-state index contributed by atoms with van der Waals surface area (Å²) in [6.45, 7) is 1.66. The zero-order chi connectivity index (χ0) is 12.5. The maximum atomic E-state index is 13.0. The lowest BCUT2D eigenvalue weighted by molar-refractivity contribution is 0.103. The van der Waals surface area contributed by atoms with Gasteiger partial charge < -0.3 is 5.32 Å². The molecule has 2 heterocycles. The van der Waals surface area contributed by atoms with Crippen LogP contribution in [0.5, 0.6) is 0 Å². The second kappa shape index (κ2) is 4.30. The van der Waals surface area contributed by atoms with Gasteiger partial charge in [-0.05, 0) is 12.1 Å². The number of hydrogen-bond acceptors (Lipinski definition) is 4. The van der Waals surface area contributed by atoms with E-state index in [1.807, 2.05) is 0 Å². The molecule has 0 bridgehead atoms. The lowest BCUT2D eigenvalue weighted by Crippen LogP contribution is -2.43. The van der Waals surface area contributed by atoms with Crippen LogP contribution >= 0.6 is 0 Å². The number of halogens is 1. The highest BCUT2D eigenvalue weighted by Gasteiger charge is 2.22. The smallest absolute Gasteiger partial charge is 0.214 e. The van der Waals surface area contributed by atoms with Gasteiger partial charge in [-0.15, -0.1) is 5.10 Å². The number of benzene rings is 1. The molecule has 0 aliphatic carbocycles. The van der Waals surface area contributed by atoms with E-state index < -0.39 is 5.82 Å². The minimum atomic E-state index is -0.434. The van der Waals surface area contributed by atoms with Gasteiger partial charge in [-0.1, -0.05) is 17.3 Å². The van der Waals surface area contributed by atoms with Gasteiger partial charge in [-0.3, -0.25) is 4.79 Å². The first kappa shape index (κ1) is 11.0. The third kappa shape index (κ3) is 1.91. The van der Waals surface area contributed by atoms with Crippen LogP contribution in [0.2, 0.25) is 0 Å². The van der Waals surface area contributed by atoms with E-state index in [1.54, 1.807) is 16.9 Å². The van der Waals surface area contributed by atoms with Gasteiger partial charge in [0.05, 0.1) is 12.2 Å². The molecule has 5 nitrogen and oxygen atoms in total. The molecule has 0 radical (unpaired) electrons. The molecular weight excluding hydrogens is 235 g/mol. The van der Waals surface area contributed by atoms with Gasteiger partial charge in [0.25, 0.3) is 0 Å². The van der Waals surface area contributed by atoms with Gasteiger partial charge >= 0.3 is 0 Å². The van der Waals surface area contributed by atoms with Gasteiger partial charge in [-0.25, -0.2) is 9.07 Å². The molecule has 1 aromatic carbocycles. The maximum Gasteiger partial charge on any atom is 0.214 e. The summed E-state index contributed by atoms with van der Waals surface area (Å²) in [4.78, 5) is 12.0. The number of carbonyl (C=O) groups excluding carboxylic acids is 1. The van der Waals surface area contributed by atoms with Crippen LogP contribution in [0.3, 0.4) is 0 Å². The van der Waals surface area contributed by atoms with Gasteiger partial charge in [0.2, 0.25) is 5.78 Å². The van der Waals surface area contributed by atoms with E-state index in [2.05, 4.69) is 15.6 Å². The number of ketones is 1. The van der Waals surface area contributed by atoms with E-state index >= 15 is 0 Å². The summed E-state index contributed by atoms with van der Waals surface area (Å²) in [5.41, 5.74) is 0.529. The normalized spacial score (nSPS) is 15.4. The predicted octanol–water partition coefficient (Wildman–Crippen LogP) is 0.792. The summed E-state index contributed by atoms with van der Waals surface area (Å²) < 4.78 is 14.7. The first-order valence-electron chi connectivity index (χ1n) is 5.67. The third-order valence-corrected chi connectivity index (χ3v) is 2.96. The Hall–Kier alpha value is -2.08. The van der Waals surface area contributed by atoms with E-state index in [0.29, 0.717) is 0 Å². The monoisotopic (exact) mass is 246 g/mol. The molecule has 1 N–H and O–H groups in total. The molecule has 0 amide bonds. The molecule has 18 heavy (non-hydrogen) atoms. The third-order valence-electron chi connectivity index (χ3n) is 2.96. The van der Waals surface area contributed by atoms with Crippen LogP contribution in [-0.2, 0) is 0 Å². The predicted molar refractivity (Wildman–Crippen MR) is 61.8 cm³/mol. The van der Waals surface area contributed by atoms with Crippen LogP contribution in [0.1, 0.15) is 22.1 Å². The summed E-state index contributed by atoms with van der Waals surface area (Å²) >= 11 is 0. The Bertz CT molecular complexity index is 591. The standard InChI is InChI=1S/C12H11FN4O/c13-9-3-1-2-8(4-9)12(18)11-7-17(16-15-11)10-5-14-6-10/h1-4,7,10,14H,5-6H2. The molecule has 92 valence electrons. The summed E-state index contributed by atoms with van der Waals surface area (Å²) in [5.74, 6) is -0.746. The average Bonchev–Trinajstić information content (AvgIpc) is 2.75. The molecule has 2 aromatic rings. The number of nitrogens with zero attached hydrogens (tertiary/aromatic N) is 3. The van der Waals surface area contributed by atoms with Crippen molar-refractivity contribution in [3.63, 3.8) is 0 Å². The van der Waals surface area contributed by atoms with Crippen molar-refractivity contribution in [2.24, 2.45) is 0 Å². The molecule has 1 saturated heterocycles. The Kier molecular flexibility index (Phi) is 2.64. The highest BCUT2D eigenvalue weighted by Crippen LogP contribution is 2.13. The quantitative estimate of drug-likeness (QED) is 0.813. The van der Waals surface area contributed by atoms with Gasteiger partial charge in [0, 0.05) is 18.7 Å². The molecule has 6 heteroatoms. The molecule has 1 aliphatic heterocycles. The fourth-order valence-electron chi connectivity index (χ4n) is 1.80. The minimum Gasteiger partial charge on any atom is -0.312 e. The van der Waals surface area contributed by atoms with Crippen molar-refractivity contribution < 1.29 is 9.18 Å². The van der Waals surface area contributed by atoms with Crippen molar-refractivity contribution in [1.29, 1.82) is 0 Å². The zero-order valence-corrected chi connectivity index (χ0v) is 9.51.